The predicted octanol–water partition coefficient (Wildman–Crippen LogP) is 9.59. The van der Waals surface area contributed by atoms with Gasteiger partial charge in [-0.15, -0.1) is 0 Å². The molecule has 38 heavy (non-hydrogen) atoms. The maximum absolute atomic E-state index is 6.55. The zero-order chi connectivity index (χ0) is 25.9. The van der Waals surface area contributed by atoms with Crippen LogP contribution in [0.4, 0.5) is 0 Å². The van der Waals surface area contributed by atoms with Crippen molar-refractivity contribution in [2.24, 2.45) is 0 Å². The molecule has 0 radical (unpaired) electrons. The maximum atomic E-state index is 6.55. The van der Waals surface area contributed by atoms with Gasteiger partial charge in [0.2, 0.25) is 0 Å². The topological polar surface area (TPSA) is 25.8 Å². The first-order valence-corrected chi connectivity index (χ1v) is 13.2. The Morgan fingerprint density at radius 2 is 1.29 bits per heavy atom. The fourth-order valence-corrected chi connectivity index (χ4v) is 6.03. The second-order valence-electron chi connectivity index (χ2n) is 10.4. The van der Waals surface area contributed by atoms with Crippen molar-refractivity contribution in [3.63, 3.8) is 0 Å². The molecule has 0 unspecified atom stereocenters. The van der Waals surface area contributed by atoms with Crippen molar-refractivity contribution >= 4 is 22.4 Å². The van der Waals surface area contributed by atoms with E-state index in [1.54, 1.807) is 0 Å². The van der Waals surface area contributed by atoms with E-state index < -0.39 is 0 Å². The van der Waals surface area contributed by atoms with Crippen LogP contribution < -0.4 is 0 Å². The van der Waals surface area contributed by atoms with Gasteiger partial charge in [-0.05, 0) is 62.4 Å². The van der Waals surface area contributed by atoms with Gasteiger partial charge in [0.05, 0.1) is 5.69 Å². The van der Waals surface area contributed by atoms with Gasteiger partial charge < -0.3 is 0 Å². The lowest BCUT2D eigenvalue weighted by Gasteiger charge is -2.22. The number of aromatic nitrogens is 2. The average Bonchev–Trinajstić information content (AvgIpc) is 3.19. The van der Waals surface area contributed by atoms with E-state index in [0.29, 0.717) is 11.0 Å². The third-order valence-corrected chi connectivity index (χ3v) is 7.98. The van der Waals surface area contributed by atoms with Gasteiger partial charge in [-0.1, -0.05) is 116 Å². The van der Waals surface area contributed by atoms with Crippen molar-refractivity contribution in [1.29, 1.82) is 0 Å². The van der Waals surface area contributed by atoms with Crippen LogP contribution in [0.5, 0.6) is 0 Å². The lowest BCUT2D eigenvalue weighted by atomic mass is 9.81. The summed E-state index contributed by atoms with van der Waals surface area (Å²) in [5, 5.41) is 2.73. The summed E-state index contributed by atoms with van der Waals surface area (Å²) in [6.45, 7) is 4.64. The van der Waals surface area contributed by atoms with Crippen LogP contribution in [0.2, 0.25) is 5.15 Å². The second kappa shape index (κ2) is 8.65. The molecule has 0 saturated carbocycles. The molecule has 3 heteroatoms. The molecule has 0 spiro atoms. The van der Waals surface area contributed by atoms with Gasteiger partial charge in [-0.3, -0.25) is 0 Å². The third-order valence-electron chi connectivity index (χ3n) is 7.78. The number of hydrogen-bond donors (Lipinski definition) is 0. The van der Waals surface area contributed by atoms with Crippen LogP contribution in [0.25, 0.3) is 55.7 Å². The molecule has 1 aliphatic rings. The van der Waals surface area contributed by atoms with E-state index in [2.05, 4.69) is 97.7 Å². The molecule has 0 N–H and O–H groups in total. The highest BCUT2D eigenvalue weighted by atomic mass is 35.5. The predicted molar refractivity (Wildman–Crippen MR) is 158 cm³/mol. The molecular weight excluding hydrogens is 484 g/mol. The summed E-state index contributed by atoms with van der Waals surface area (Å²) in [7, 11) is 0. The SMILES string of the molecule is CC1(C)c2ccccc2-c2ccc(-c3cc(-c4cc(Cl)nc(-c5ccccc5)n4)c4ccccc4c3)cc21. The van der Waals surface area contributed by atoms with E-state index >= 15 is 0 Å². The molecule has 0 aliphatic heterocycles. The van der Waals surface area contributed by atoms with Gasteiger partial charge in [0.1, 0.15) is 5.15 Å². The molecule has 0 saturated heterocycles. The summed E-state index contributed by atoms with van der Waals surface area (Å²) in [5.74, 6) is 0.625. The highest BCUT2D eigenvalue weighted by molar-refractivity contribution is 6.29. The quantitative estimate of drug-likeness (QED) is 0.222. The minimum atomic E-state index is -0.0492. The summed E-state index contributed by atoms with van der Waals surface area (Å²) < 4.78 is 0. The van der Waals surface area contributed by atoms with Crippen LogP contribution >= 0.6 is 11.6 Å². The number of nitrogens with zero attached hydrogens (tertiary/aromatic N) is 2. The van der Waals surface area contributed by atoms with Gasteiger partial charge in [0.15, 0.2) is 5.82 Å². The first-order chi connectivity index (χ1) is 18.5. The zero-order valence-electron chi connectivity index (χ0n) is 21.2. The minimum absolute atomic E-state index is 0.0492. The molecular formula is C35H25ClN2. The Morgan fingerprint density at radius 1 is 0.553 bits per heavy atom. The minimum Gasteiger partial charge on any atom is -0.228 e. The first kappa shape index (κ1) is 22.9. The molecule has 7 rings (SSSR count). The average molecular weight is 509 g/mol. The molecule has 0 fully saturated rings. The molecule has 182 valence electrons. The van der Waals surface area contributed by atoms with Crippen LogP contribution in [0.15, 0.2) is 115 Å². The Balaban J connectivity index is 1.42. The number of benzene rings is 5. The van der Waals surface area contributed by atoms with E-state index in [0.717, 1.165) is 27.8 Å². The summed E-state index contributed by atoms with van der Waals surface area (Å²) in [6, 6.07) is 40.5. The number of fused-ring (bicyclic) bond motifs is 4. The van der Waals surface area contributed by atoms with E-state index in [1.807, 2.05) is 36.4 Å². The Morgan fingerprint density at radius 3 is 2.16 bits per heavy atom. The van der Waals surface area contributed by atoms with Crippen molar-refractivity contribution in [3.8, 4) is 44.9 Å². The summed E-state index contributed by atoms with van der Waals surface area (Å²) in [4.78, 5) is 9.49. The third kappa shape index (κ3) is 3.64. The van der Waals surface area contributed by atoms with Crippen LogP contribution in [0.1, 0.15) is 25.0 Å². The Kier molecular flexibility index (Phi) is 5.21. The zero-order valence-corrected chi connectivity index (χ0v) is 22.0. The summed E-state index contributed by atoms with van der Waals surface area (Å²) in [6.07, 6.45) is 0. The van der Waals surface area contributed by atoms with Crippen molar-refractivity contribution in [1.82, 2.24) is 9.97 Å². The highest BCUT2D eigenvalue weighted by Gasteiger charge is 2.35. The molecule has 1 heterocycles. The molecule has 0 atom stereocenters. The van der Waals surface area contributed by atoms with Gasteiger partial charge in [-0.25, -0.2) is 9.97 Å². The van der Waals surface area contributed by atoms with Crippen LogP contribution in [-0.4, -0.2) is 9.97 Å². The van der Waals surface area contributed by atoms with Crippen LogP contribution in [0, 0.1) is 0 Å². The van der Waals surface area contributed by atoms with E-state index in [1.165, 1.54) is 33.2 Å². The van der Waals surface area contributed by atoms with E-state index in [4.69, 9.17) is 16.6 Å². The first-order valence-electron chi connectivity index (χ1n) is 12.9. The monoisotopic (exact) mass is 508 g/mol. The standard InChI is InChI=1S/C35H25ClN2/c1-35(2)30-15-9-8-14-27(30)28-17-16-23(20-31(28)35)25-18-24-12-6-7-13-26(24)29(19-25)32-21-33(36)38-34(37-32)22-10-4-3-5-11-22/h3-21H,1-2H3. The fraction of sp³-hybridized carbons (Fsp3) is 0.0857. The molecule has 1 aromatic heterocycles. The summed E-state index contributed by atoms with van der Waals surface area (Å²) in [5.41, 5.74) is 10.5. The van der Waals surface area contributed by atoms with Crippen molar-refractivity contribution in [2.75, 3.05) is 0 Å². The van der Waals surface area contributed by atoms with Crippen LogP contribution in [0.3, 0.4) is 0 Å². The van der Waals surface area contributed by atoms with Gasteiger partial charge in [-0.2, -0.15) is 0 Å². The molecule has 0 amide bonds. The van der Waals surface area contributed by atoms with Gasteiger partial charge >= 0.3 is 0 Å². The van der Waals surface area contributed by atoms with Crippen molar-refractivity contribution < 1.29 is 0 Å². The van der Waals surface area contributed by atoms with Crippen molar-refractivity contribution in [2.45, 2.75) is 19.3 Å². The fourth-order valence-electron chi connectivity index (χ4n) is 5.84. The number of halogens is 1. The molecule has 2 nitrogen and oxygen atoms in total. The second-order valence-corrected chi connectivity index (χ2v) is 10.8. The largest absolute Gasteiger partial charge is 0.228 e. The maximum Gasteiger partial charge on any atom is 0.161 e. The Labute approximate surface area is 227 Å². The van der Waals surface area contributed by atoms with E-state index in [-0.39, 0.29) is 5.41 Å². The molecule has 0 bridgehead atoms. The summed E-state index contributed by atoms with van der Waals surface area (Å²) >= 11 is 6.55. The smallest absolute Gasteiger partial charge is 0.161 e. The lowest BCUT2D eigenvalue weighted by molar-refractivity contribution is 0.660. The molecule has 1 aliphatic carbocycles. The van der Waals surface area contributed by atoms with Gasteiger partial charge in [0, 0.05) is 22.6 Å². The highest BCUT2D eigenvalue weighted by Crippen LogP contribution is 2.49. The van der Waals surface area contributed by atoms with Crippen LogP contribution in [-0.2, 0) is 5.41 Å². The van der Waals surface area contributed by atoms with Gasteiger partial charge in [0.25, 0.3) is 0 Å². The normalized spacial score (nSPS) is 13.3. The Bertz CT molecular complexity index is 1850. The number of hydrogen-bond acceptors (Lipinski definition) is 2. The molecule has 6 aromatic rings. The number of rotatable bonds is 3. The molecule has 5 aromatic carbocycles. The van der Waals surface area contributed by atoms with E-state index in [9.17, 15) is 0 Å². The lowest BCUT2D eigenvalue weighted by Crippen LogP contribution is -2.14. The Hall–Kier alpha value is -4.27. The van der Waals surface area contributed by atoms with Crippen molar-refractivity contribution in [3.05, 3.63) is 132 Å².